The first kappa shape index (κ1) is 29.4. The first-order valence-electron chi connectivity index (χ1n) is 12.7. The fourth-order valence-corrected chi connectivity index (χ4v) is 6.34. The van der Waals surface area contributed by atoms with E-state index in [1.165, 1.54) is 12.1 Å². The Hall–Kier alpha value is -2.18. The SMILES string of the molecule is CNC[C@H]1OCCCC[C@@H](C)Oc2ccc(NS(=O)(=O)c3cccs3)cc2C(=O)N([C@H](C)CO)C[C@@H]1C. The molecule has 0 saturated heterocycles. The monoisotopic (exact) mass is 553 g/mol. The number of hydrogen-bond acceptors (Lipinski definition) is 8. The maximum absolute atomic E-state index is 14.0. The molecule has 4 atom stereocenters. The van der Waals surface area contributed by atoms with E-state index in [-0.39, 0.29) is 46.1 Å². The summed E-state index contributed by atoms with van der Waals surface area (Å²) in [7, 11) is -1.92. The van der Waals surface area contributed by atoms with Crippen LogP contribution in [0.4, 0.5) is 5.69 Å². The quantitative estimate of drug-likeness (QED) is 0.480. The number of likely N-dealkylation sites (N-methyl/N-ethyl adjacent to an activating group) is 1. The fraction of sp³-hybridized carbons (Fsp3) is 0.577. The predicted octanol–water partition coefficient (Wildman–Crippen LogP) is 3.56. The summed E-state index contributed by atoms with van der Waals surface area (Å²) in [5.74, 6) is 0.0321. The van der Waals surface area contributed by atoms with Crippen molar-refractivity contribution in [2.75, 3.05) is 38.1 Å². The summed E-state index contributed by atoms with van der Waals surface area (Å²) in [5, 5.41) is 14.8. The molecule has 0 unspecified atom stereocenters. The summed E-state index contributed by atoms with van der Waals surface area (Å²) in [6, 6.07) is 7.49. The second-order valence-corrected chi connectivity index (χ2v) is 12.5. The summed E-state index contributed by atoms with van der Waals surface area (Å²) < 4.78 is 40.8. The lowest BCUT2D eigenvalue weighted by atomic mass is 10.0. The average molecular weight is 554 g/mol. The summed E-state index contributed by atoms with van der Waals surface area (Å²) in [5.41, 5.74) is 0.507. The molecule has 0 radical (unpaired) electrons. The van der Waals surface area contributed by atoms with E-state index >= 15 is 0 Å². The molecule has 1 aliphatic heterocycles. The Bertz CT molecular complexity index is 1110. The molecule has 206 valence electrons. The maximum atomic E-state index is 14.0. The van der Waals surface area contributed by atoms with Crippen molar-refractivity contribution < 1.29 is 27.8 Å². The van der Waals surface area contributed by atoms with E-state index in [1.807, 2.05) is 20.9 Å². The van der Waals surface area contributed by atoms with Gasteiger partial charge in [0.2, 0.25) is 0 Å². The zero-order chi connectivity index (χ0) is 27.0. The smallest absolute Gasteiger partial charge is 0.271 e. The van der Waals surface area contributed by atoms with Crippen LogP contribution in [-0.4, -0.2) is 75.9 Å². The highest BCUT2D eigenvalue weighted by Crippen LogP contribution is 2.30. The van der Waals surface area contributed by atoms with Gasteiger partial charge < -0.3 is 24.8 Å². The predicted molar refractivity (Wildman–Crippen MR) is 146 cm³/mol. The number of nitrogens with one attached hydrogen (secondary N) is 2. The molecule has 1 aromatic carbocycles. The molecule has 0 saturated carbocycles. The van der Waals surface area contributed by atoms with E-state index in [9.17, 15) is 18.3 Å². The van der Waals surface area contributed by atoms with Crippen molar-refractivity contribution >= 4 is 33.0 Å². The van der Waals surface area contributed by atoms with Gasteiger partial charge >= 0.3 is 0 Å². The van der Waals surface area contributed by atoms with Crippen LogP contribution in [0.15, 0.2) is 39.9 Å². The minimum absolute atomic E-state index is 0.0165. The van der Waals surface area contributed by atoms with Crippen molar-refractivity contribution in [3.8, 4) is 5.75 Å². The van der Waals surface area contributed by atoms with E-state index in [0.29, 0.717) is 25.4 Å². The summed E-state index contributed by atoms with van der Waals surface area (Å²) in [4.78, 5) is 15.6. The highest BCUT2D eigenvalue weighted by atomic mass is 32.2. The van der Waals surface area contributed by atoms with Crippen LogP contribution in [0.25, 0.3) is 0 Å². The Kier molecular flexibility index (Phi) is 10.8. The lowest BCUT2D eigenvalue weighted by Gasteiger charge is -2.34. The molecular formula is C26H39N3O6S2. The molecule has 37 heavy (non-hydrogen) atoms. The minimum atomic E-state index is -3.79. The number of amides is 1. The van der Waals surface area contributed by atoms with Gasteiger partial charge in [-0.15, -0.1) is 11.3 Å². The molecule has 1 amide bonds. The first-order chi connectivity index (χ1) is 17.7. The molecule has 0 bridgehead atoms. The van der Waals surface area contributed by atoms with Crippen LogP contribution in [0.2, 0.25) is 0 Å². The highest BCUT2D eigenvalue weighted by molar-refractivity contribution is 7.94. The third-order valence-electron chi connectivity index (χ3n) is 6.47. The number of carbonyl (C=O) groups is 1. The second-order valence-electron chi connectivity index (χ2n) is 9.61. The number of hydrogen-bond donors (Lipinski definition) is 3. The molecule has 1 aliphatic rings. The molecule has 0 aliphatic carbocycles. The number of anilines is 1. The largest absolute Gasteiger partial charge is 0.490 e. The molecule has 2 heterocycles. The van der Waals surface area contributed by atoms with Gasteiger partial charge in [0.25, 0.3) is 15.9 Å². The third kappa shape index (κ3) is 7.90. The van der Waals surface area contributed by atoms with Crippen LogP contribution in [0.5, 0.6) is 5.75 Å². The maximum Gasteiger partial charge on any atom is 0.271 e. The van der Waals surface area contributed by atoms with Crippen LogP contribution in [0.3, 0.4) is 0 Å². The number of carbonyl (C=O) groups excluding carboxylic acids is 1. The van der Waals surface area contributed by atoms with Gasteiger partial charge in [0.05, 0.1) is 30.4 Å². The molecular weight excluding hydrogens is 514 g/mol. The van der Waals surface area contributed by atoms with E-state index in [1.54, 1.807) is 35.4 Å². The molecule has 0 fully saturated rings. The highest BCUT2D eigenvalue weighted by Gasteiger charge is 2.30. The lowest BCUT2D eigenvalue weighted by molar-refractivity contribution is -0.000450. The lowest BCUT2D eigenvalue weighted by Crippen LogP contribution is -2.47. The minimum Gasteiger partial charge on any atom is -0.490 e. The van der Waals surface area contributed by atoms with Crippen molar-refractivity contribution in [1.82, 2.24) is 10.2 Å². The van der Waals surface area contributed by atoms with Crippen LogP contribution in [0, 0.1) is 5.92 Å². The Morgan fingerprint density at radius 2 is 2.03 bits per heavy atom. The first-order valence-corrected chi connectivity index (χ1v) is 15.1. The van der Waals surface area contributed by atoms with E-state index in [4.69, 9.17) is 9.47 Å². The number of aliphatic hydroxyl groups is 1. The Morgan fingerprint density at radius 1 is 1.24 bits per heavy atom. The zero-order valence-corrected chi connectivity index (χ0v) is 23.6. The molecule has 11 heteroatoms. The Balaban J connectivity index is 2.01. The standard InChI is InChI=1S/C26H39N3O6S2/c1-18-16-29(19(2)17-30)26(31)22-14-21(28-37(32,33)25-9-7-13-36-25)10-11-23(22)35-20(3)8-5-6-12-34-24(18)15-27-4/h7,9-11,13-14,18-20,24,27-28,30H,5-6,8,12,15-17H2,1-4H3/t18-,19+,20+,24+/m0/s1. The van der Waals surface area contributed by atoms with Crippen LogP contribution >= 0.6 is 11.3 Å². The Labute approximate surface area is 224 Å². The van der Waals surface area contributed by atoms with Gasteiger partial charge in [0.1, 0.15) is 9.96 Å². The van der Waals surface area contributed by atoms with Crippen LogP contribution < -0.4 is 14.8 Å². The van der Waals surface area contributed by atoms with Crippen LogP contribution in [-0.2, 0) is 14.8 Å². The van der Waals surface area contributed by atoms with E-state index < -0.39 is 16.1 Å². The van der Waals surface area contributed by atoms with E-state index in [0.717, 1.165) is 30.6 Å². The molecule has 0 spiro atoms. The number of ether oxygens (including phenoxy) is 2. The molecule has 2 aromatic rings. The zero-order valence-electron chi connectivity index (χ0n) is 22.0. The van der Waals surface area contributed by atoms with Crippen molar-refractivity contribution in [3.05, 3.63) is 41.3 Å². The van der Waals surface area contributed by atoms with Gasteiger partial charge in [-0.1, -0.05) is 13.0 Å². The van der Waals surface area contributed by atoms with Gasteiger partial charge in [-0.3, -0.25) is 9.52 Å². The number of benzene rings is 1. The van der Waals surface area contributed by atoms with Crippen molar-refractivity contribution in [2.45, 2.75) is 62.5 Å². The van der Waals surface area contributed by atoms with Gasteiger partial charge in [0, 0.05) is 31.3 Å². The summed E-state index contributed by atoms with van der Waals surface area (Å²) in [6.07, 6.45) is 2.33. The van der Waals surface area contributed by atoms with E-state index in [2.05, 4.69) is 10.0 Å². The number of thiophene rings is 1. The van der Waals surface area contributed by atoms with Crippen molar-refractivity contribution in [3.63, 3.8) is 0 Å². The topological polar surface area (TPSA) is 117 Å². The van der Waals surface area contributed by atoms with Gasteiger partial charge in [-0.25, -0.2) is 8.42 Å². The summed E-state index contributed by atoms with van der Waals surface area (Å²) in [6.45, 7) is 7.17. The number of aliphatic hydroxyl groups excluding tert-OH is 1. The average Bonchev–Trinajstić information content (AvgIpc) is 3.42. The summed E-state index contributed by atoms with van der Waals surface area (Å²) >= 11 is 1.11. The normalized spacial score (nSPS) is 23.0. The van der Waals surface area contributed by atoms with Crippen molar-refractivity contribution in [1.29, 1.82) is 0 Å². The second kappa shape index (κ2) is 13.6. The molecule has 9 nitrogen and oxygen atoms in total. The molecule has 3 N–H and O–H groups in total. The molecule has 1 aromatic heterocycles. The number of rotatable bonds is 7. The third-order valence-corrected chi connectivity index (χ3v) is 9.25. The molecule has 3 rings (SSSR count). The van der Waals surface area contributed by atoms with Crippen molar-refractivity contribution in [2.24, 2.45) is 5.92 Å². The number of fused-ring (bicyclic) bond motifs is 1. The Morgan fingerprint density at radius 3 is 2.70 bits per heavy atom. The van der Waals surface area contributed by atoms with Gasteiger partial charge in [-0.05, 0) is 69.8 Å². The van der Waals surface area contributed by atoms with Crippen LogP contribution in [0.1, 0.15) is 50.4 Å². The van der Waals surface area contributed by atoms with Gasteiger partial charge in [0.15, 0.2) is 0 Å². The number of sulfonamides is 1. The fourth-order valence-electron chi connectivity index (χ4n) is 4.30. The van der Waals surface area contributed by atoms with Gasteiger partial charge in [-0.2, -0.15) is 0 Å². The number of nitrogens with zero attached hydrogens (tertiary/aromatic N) is 1.